The summed E-state index contributed by atoms with van der Waals surface area (Å²) in [5.41, 5.74) is 12.6. The highest BCUT2D eigenvalue weighted by atomic mass is 14.9. The first-order valence-electron chi connectivity index (χ1n) is 32.5. The van der Waals surface area contributed by atoms with Crippen LogP contribution in [0.1, 0.15) is 221 Å². The van der Waals surface area contributed by atoms with Crippen LogP contribution in [0.15, 0.2) is 133 Å². The Morgan fingerprint density at radius 3 is 0.310 bits per heavy atom. The van der Waals surface area contributed by atoms with Crippen LogP contribution >= 0.6 is 0 Å². The van der Waals surface area contributed by atoms with Gasteiger partial charge in [-0.3, -0.25) is 59.9 Å². The van der Waals surface area contributed by atoms with Gasteiger partial charge in [0, 0.05) is 74.6 Å². The molecule has 432 valence electrons. The predicted molar refractivity (Wildman–Crippen MR) is 353 cm³/mol. The summed E-state index contributed by atoms with van der Waals surface area (Å²) in [6, 6.07) is 27.7. The highest BCUT2D eigenvalue weighted by Gasteiger charge is 2.29. The third kappa shape index (κ3) is 14.7. The van der Waals surface area contributed by atoms with E-state index >= 15 is 0 Å². The van der Waals surface area contributed by atoms with Crippen LogP contribution in [0.25, 0.3) is 0 Å². The van der Waals surface area contributed by atoms with Gasteiger partial charge >= 0.3 is 0 Å². The van der Waals surface area contributed by atoms with Crippen molar-refractivity contribution >= 4 is 74.6 Å². The van der Waals surface area contributed by atoms with E-state index in [0.717, 1.165) is 221 Å². The SMILES string of the molecule is C1=N[C@H]2CCCC[C@H]2N=Cc2cc3cc(c2)C=N[C@H]2CCCC[C@H]2N=Cc2cc4cc(c2)C=N[C@@H]2CCCC[C@@H]2N=Cc2cc(cc(c2)C=N[C@@H]2CCCC[C@@H]2N=C3)C=N[C@@H]2CCCC[C@@H]2N=Cc2cc1cc(c2)C=N[C@H]1CCCC[C@H]1N=C4. The zero-order valence-corrected chi connectivity index (χ0v) is 49.1. The smallest absolute Gasteiger partial charge is 0.0723 e. The molecule has 0 aromatic heterocycles. The first-order chi connectivity index (χ1) is 41.5. The van der Waals surface area contributed by atoms with Crippen molar-refractivity contribution in [3.63, 3.8) is 0 Å². The maximum absolute atomic E-state index is 5.41. The minimum Gasteiger partial charge on any atom is -0.287 e. The summed E-state index contributed by atoms with van der Waals surface area (Å²) in [4.78, 5) is 64.9. The molecule has 12 nitrogen and oxygen atoms in total. The first kappa shape index (κ1) is 56.1. The van der Waals surface area contributed by atoms with E-state index in [9.17, 15) is 0 Å². The molecule has 4 aliphatic heterocycles. The molecule has 4 heterocycles. The second kappa shape index (κ2) is 27.3. The van der Waals surface area contributed by atoms with Crippen molar-refractivity contribution in [1.29, 1.82) is 0 Å². The molecule has 4 aromatic rings. The Balaban J connectivity index is 1.00. The number of hydrogen-bond acceptors (Lipinski definition) is 12. The highest BCUT2D eigenvalue weighted by molar-refractivity contribution is 5.96. The van der Waals surface area contributed by atoms with Crippen molar-refractivity contribution in [3.8, 4) is 0 Å². The Bertz CT molecular complexity index is 2510. The van der Waals surface area contributed by atoms with Gasteiger partial charge in [-0.15, -0.1) is 0 Å². The Hall–Kier alpha value is -7.08. The average molecular weight is 1120 g/mol. The van der Waals surface area contributed by atoms with E-state index in [2.05, 4.69) is 147 Å². The number of nitrogens with zero attached hydrogens (tertiary/aromatic N) is 12. The lowest BCUT2D eigenvalue weighted by Gasteiger charge is -2.26. The minimum absolute atomic E-state index is 0.0680. The van der Waals surface area contributed by atoms with Gasteiger partial charge in [-0.1, -0.05) is 77.0 Å². The molecule has 6 fully saturated rings. The summed E-state index contributed by atoms with van der Waals surface area (Å²) in [6.45, 7) is 0. The molecule has 0 saturated heterocycles. The van der Waals surface area contributed by atoms with Gasteiger partial charge in [0.1, 0.15) is 0 Å². The summed E-state index contributed by atoms with van der Waals surface area (Å²) < 4.78 is 0. The third-order valence-corrected chi connectivity index (χ3v) is 19.1. The summed E-state index contributed by atoms with van der Waals surface area (Å²) in [5, 5.41) is 0. The molecule has 12 heteroatoms. The highest BCUT2D eigenvalue weighted by Crippen LogP contribution is 2.31. The standard InChI is InChI=1S/C72H84N12/c1-2-14-62-61(13-1)73-37-49-25-51-29-52(26-49)40-76-64-16-4-6-18-66(64)80-44-56-32-58-36-60(34-56)48-84-72-24-12-11-23-71(72)83-47-59-33-55(43-79-65-17-5-3-15-63(65)75-39-51)31-57(35-59)45-81-69-21-9-7-19-67(69)77-41-53-27-50(38-74-62)28-54(30-53)42-78-68-20-8-10-22-70(68)82-46-58/h25-48,61-72H,1-24H2/t61-,62+,63-,64-,65+,66+,67-,68-,69+,70+,71-,72+. The van der Waals surface area contributed by atoms with Crippen LogP contribution in [-0.4, -0.2) is 147 Å². The molecule has 10 aliphatic rings. The van der Waals surface area contributed by atoms with E-state index in [1.165, 1.54) is 0 Å². The summed E-state index contributed by atoms with van der Waals surface area (Å²) in [6.07, 6.45) is 50.8. The monoisotopic (exact) mass is 1120 g/mol. The van der Waals surface area contributed by atoms with Crippen molar-refractivity contribution in [2.24, 2.45) is 59.9 Å². The molecule has 14 rings (SSSR count). The zero-order chi connectivity index (χ0) is 56.3. The molecule has 0 radical (unpaired) electrons. The maximum Gasteiger partial charge on any atom is 0.0723 e. The van der Waals surface area contributed by atoms with Crippen LogP contribution in [0, 0.1) is 0 Å². The Labute approximate surface area is 498 Å². The van der Waals surface area contributed by atoms with Crippen molar-refractivity contribution in [2.75, 3.05) is 0 Å². The van der Waals surface area contributed by atoms with Crippen LogP contribution < -0.4 is 0 Å². The Morgan fingerprint density at radius 2 is 0.226 bits per heavy atom. The van der Waals surface area contributed by atoms with Crippen molar-refractivity contribution in [3.05, 3.63) is 140 Å². The summed E-state index contributed by atoms with van der Waals surface area (Å²) in [5.74, 6) is 0. The van der Waals surface area contributed by atoms with Gasteiger partial charge in [0.2, 0.25) is 0 Å². The van der Waals surface area contributed by atoms with E-state index in [-0.39, 0.29) is 72.5 Å². The fourth-order valence-electron chi connectivity index (χ4n) is 14.5. The molecule has 0 N–H and O–H groups in total. The van der Waals surface area contributed by atoms with Gasteiger partial charge in [-0.05, 0) is 217 Å². The lowest BCUT2D eigenvalue weighted by molar-refractivity contribution is 0.390. The van der Waals surface area contributed by atoms with Gasteiger partial charge < -0.3 is 0 Å². The van der Waals surface area contributed by atoms with Crippen LogP contribution in [0.2, 0.25) is 0 Å². The second-order valence-corrected chi connectivity index (χ2v) is 25.6. The van der Waals surface area contributed by atoms with Crippen LogP contribution in [-0.2, 0) is 0 Å². The van der Waals surface area contributed by atoms with Gasteiger partial charge in [-0.2, -0.15) is 0 Å². The predicted octanol–water partition coefficient (Wildman–Crippen LogP) is 13.7. The van der Waals surface area contributed by atoms with Gasteiger partial charge in [0.05, 0.1) is 72.5 Å². The lowest BCUT2D eigenvalue weighted by atomic mass is 9.91. The van der Waals surface area contributed by atoms with Crippen molar-refractivity contribution < 1.29 is 0 Å². The van der Waals surface area contributed by atoms with Gasteiger partial charge in [0.25, 0.3) is 0 Å². The van der Waals surface area contributed by atoms with Gasteiger partial charge in [0.15, 0.2) is 0 Å². The van der Waals surface area contributed by atoms with Crippen LogP contribution in [0.4, 0.5) is 0 Å². The number of rotatable bonds is 0. The van der Waals surface area contributed by atoms with E-state index in [4.69, 9.17) is 59.9 Å². The fraction of sp³-hybridized carbons (Fsp3) is 0.500. The molecular formula is C72H84N12. The molecule has 12 bridgehead atoms. The molecule has 6 aliphatic carbocycles. The topological polar surface area (TPSA) is 148 Å². The Morgan fingerprint density at radius 1 is 0.143 bits per heavy atom. The first-order valence-corrected chi connectivity index (χ1v) is 32.5. The molecule has 0 spiro atoms. The van der Waals surface area contributed by atoms with Gasteiger partial charge in [-0.25, -0.2) is 0 Å². The fourth-order valence-corrected chi connectivity index (χ4v) is 14.5. The molecule has 0 unspecified atom stereocenters. The van der Waals surface area contributed by atoms with Crippen molar-refractivity contribution in [1.82, 2.24) is 0 Å². The van der Waals surface area contributed by atoms with Crippen LogP contribution in [0.3, 0.4) is 0 Å². The largest absolute Gasteiger partial charge is 0.287 e. The minimum atomic E-state index is 0.0680. The summed E-state index contributed by atoms with van der Waals surface area (Å²) in [7, 11) is 0. The van der Waals surface area contributed by atoms with E-state index in [1.54, 1.807) is 0 Å². The normalized spacial score (nSPS) is 30.6. The van der Waals surface area contributed by atoms with E-state index < -0.39 is 0 Å². The second-order valence-electron chi connectivity index (χ2n) is 25.6. The molecule has 12 atom stereocenters. The number of aliphatic imine (C=N–C) groups is 12. The van der Waals surface area contributed by atoms with Crippen LogP contribution in [0.5, 0.6) is 0 Å². The quantitative estimate of drug-likeness (QED) is 0.165. The Kier molecular flexibility index (Phi) is 18.2. The molecule has 6 saturated carbocycles. The molecule has 4 aromatic carbocycles. The number of benzene rings is 4. The third-order valence-electron chi connectivity index (χ3n) is 19.1. The van der Waals surface area contributed by atoms with E-state index in [0.29, 0.717) is 0 Å². The molecule has 0 amide bonds. The average Bonchev–Trinajstić information content (AvgIpc) is 3.66. The molecule has 84 heavy (non-hydrogen) atoms. The zero-order valence-electron chi connectivity index (χ0n) is 49.1. The van der Waals surface area contributed by atoms with E-state index in [1.807, 2.05) is 0 Å². The summed E-state index contributed by atoms with van der Waals surface area (Å²) >= 11 is 0. The molecular weight excluding hydrogens is 1030 g/mol. The maximum atomic E-state index is 5.41. The number of hydrogen-bond donors (Lipinski definition) is 0. The van der Waals surface area contributed by atoms with Crippen molar-refractivity contribution in [2.45, 2.75) is 227 Å². The lowest BCUT2D eigenvalue weighted by Crippen LogP contribution is -2.27.